The predicted octanol–water partition coefficient (Wildman–Crippen LogP) is 4.50. The molecule has 0 unspecified atom stereocenters. The Labute approximate surface area is 202 Å². The number of likely N-dealkylation sites (tertiary alicyclic amines) is 1. The van der Waals surface area contributed by atoms with Crippen molar-refractivity contribution in [2.24, 2.45) is 5.92 Å². The number of nitrogens with zero attached hydrogens (tertiary/aromatic N) is 2. The highest BCUT2D eigenvalue weighted by molar-refractivity contribution is 7.09. The van der Waals surface area contributed by atoms with Crippen molar-refractivity contribution in [2.45, 2.75) is 39.0 Å². The van der Waals surface area contributed by atoms with E-state index in [1.54, 1.807) is 53.5 Å². The van der Waals surface area contributed by atoms with E-state index in [2.05, 4.69) is 21.9 Å². The van der Waals surface area contributed by atoms with Crippen LogP contribution in [0.4, 0.5) is 11.5 Å². The lowest BCUT2D eigenvalue weighted by Crippen LogP contribution is -2.41. The van der Waals surface area contributed by atoms with Gasteiger partial charge in [-0.2, -0.15) is 0 Å². The molecule has 3 amide bonds. The van der Waals surface area contributed by atoms with Crippen LogP contribution in [-0.4, -0.2) is 40.9 Å². The zero-order chi connectivity index (χ0) is 23.9. The summed E-state index contributed by atoms with van der Waals surface area (Å²) in [4.78, 5) is 40.8. The summed E-state index contributed by atoms with van der Waals surface area (Å²) in [5, 5.41) is 11.5. The van der Waals surface area contributed by atoms with Crippen LogP contribution in [-0.2, 0) is 16.0 Å². The van der Waals surface area contributed by atoms with Crippen LogP contribution >= 0.6 is 11.3 Å². The number of aryl methyl sites for hydroxylation is 2. The Morgan fingerprint density at radius 3 is 2.65 bits per heavy atom. The highest BCUT2D eigenvalue weighted by Gasteiger charge is 2.28. The zero-order valence-electron chi connectivity index (χ0n) is 19.1. The zero-order valence-corrected chi connectivity index (χ0v) is 19.9. The van der Waals surface area contributed by atoms with Gasteiger partial charge in [0.1, 0.15) is 5.76 Å². The molecule has 3 aromatic rings. The molecule has 0 radical (unpaired) electrons. The molecule has 1 fully saturated rings. The standard InChI is InChI=1S/C25H28N4O4S/c1-17-15-22(28-33-17)27-24(31)18-10-12-29(13-11-18)25(32)19-5-2-6-20(16-19)26-23(30)9-3-7-21-8-4-14-34-21/h2,4-6,8,14-16,18H,3,7,9-13H2,1H3,(H,26,30)(H,27,28,31). The number of anilines is 2. The number of carbonyl (C=O) groups is 3. The third-order valence-corrected chi connectivity index (χ3v) is 6.77. The molecule has 3 heterocycles. The number of thiophene rings is 1. The van der Waals surface area contributed by atoms with Gasteiger partial charge >= 0.3 is 0 Å². The average molecular weight is 481 g/mol. The lowest BCUT2D eigenvalue weighted by atomic mass is 9.95. The number of piperidine rings is 1. The molecule has 1 aliphatic heterocycles. The minimum atomic E-state index is -0.180. The number of aromatic nitrogens is 1. The van der Waals surface area contributed by atoms with Crippen molar-refractivity contribution in [2.75, 3.05) is 23.7 Å². The summed E-state index contributed by atoms with van der Waals surface area (Å²) in [5.74, 6) is 0.596. The largest absolute Gasteiger partial charge is 0.360 e. The maximum Gasteiger partial charge on any atom is 0.253 e. The number of nitrogens with one attached hydrogen (secondary N) is 2. The van der Waals surface area contributed by atoms with Crippen molar-refractivity contribution < 1.29 is 18.9 Å². The van der Waals surface area contributed by atoms with Gasteiger partial charge in [0.25, 0.3) is 5.91 Å². The van der Waals surface area contributed by atoms with Gasteiger partial charge < -0.3 is 20.1 Å². The minimum absolute atomic E-state index is 0.0599. The van der Waals surface area contributed by atoms with Crippen LogP contribution in [0.3, 0.4) is 0 Å². The highest BCUT2D eigenvalue weighted by Crippen LogP contribution is 2.22. The van der Waals surface area contributed by atoms with Gasteiger partial charge in [-0.1, -0.05) is 17.3 Å². The van der Waals surface area contributed by atoms with E-state index in [1.807, 2.05) is 11.4 Å². The number of hydrogen-bond donors (Lipinski definition) is 2. The molecular weight excluding hydrogens is 452 g/mol. The Kier molecular flexibility index (Phi) is 7.74. The van der Waals surface area contributed by atoms with Gasteiger partial charge in [-0.25, -0.2) is 0 Å². The van der Waals surface area contributed by atoms with E-state index >= 15 is 0 Å². The number of hydrogen-bond acceptors (Lipinski definition) is 6. The molecule has 1 aliphatic rings. The Morgan fingerprint density at radius 2 is 1.94 bits per heavy atom. The molecule has 1 aromatic carbocycles. The first-order chi connectivity index (χ1) is 16.5. The minimum Gasteiger partial charge on any atom is -0.360 e. The van der Waals surface area contributed by atoms with E-state index in [0.29, 0.717) is 55.2 Å². The van der Waals surface area contributed by atoms with E-state index in [1.165, 1.54) is 4.88 Å². The summed E-state index contributed by atoms with van der Waals surface area (Å²) in [6, 6.07) is 12.8. The predicted molar refractivity (Wildman–Crippen MR) is 131 cm³/mol. The summed E-state index contributed by atoms with van der Waals surface area (Å²) >= 11 is 1.70. The second-order valence-corrected chi connectivity index (χ2v) is 9.47. The summed E-state index contributed by atoms with van der Waals surface area (Å²) in [6.45, 7) is 2.75. The molecule has 178 valence electrons. The molecule has 4 rings (SSSR count). The smallest absolute Gasteiger partial charge is 0.253 e. The number of carbonyl (C=O) groups excluding carboxylic acids is 3. The molecule has 0 aliphatic carbocycles. The quantitative estimate of drug-likeness (QED) is 0.494. The van der Waals surface area contributed by atoms with Crippen LogP contribution < -0.4 is 10.6 Å². The Morgan fingerprint density at radius 1 is 1.12 bits per heavy atom. The SMILES string of the molecule is Cc1cc(NC(=O)C2CCN(C(=O)c3cccc(NC(=O)CCCc4cccs4)c3)CC2)no1. The number of rotatable bonds is 8. The molecule has 2 N–H and O–H groups in total. The normalized spacial score (nSPS) is 14.1. The second kappa shape index (κ2) is 11.1. The molecule has 9 heteroatoms. The van der Waals surface area contributed by atoms with E-state index in [0.717, 1.165) is 12.8 Å². The molecule has 34 heavy (non-hydrogen) atoms. The summed E-state index contributed by atoms with van der Waals surface area (Å²) in [5.41, 5.74) is 1.14. The van der Waals surface area contributed by atoms with Crippen LogP contribution in [0.5, 0.6) is 0 Å². The second-order valence-electron chi connectivity index (χ2n) is 8.44. The van der Waals surface area contributed by atoms with Gasteiger partial charge in [0.15, 0.2) is 5.82 Å². The fourth-order valence-electron chi connectivity index (χ4n) is 4.01. The molecule has 1 saturated heterocycles. The first-order valence-corrected chi connectivity index (χ1v) is 12.3. The molecule has 0 atom stereocenters. The fraction of sp³-hybridized carbons (Fsp3) is 0.360. The van der Waals surface area contributed by atoms with Crippen molar-refractivity contribution in [3.8, 4) is 0 Å². The monoisotopic (exact) mass is 480 g/mol. The molecule has 0 bridgehead atoms. The molecule has 8 nitrogen and oxygen atoms in total. The van der Waals surface area contributed by atoms with Crippen molar-refractivity contribution >= 4 is 40.6 Å². The van der Waals surface area contributed by atoms with Crippen molar-refractivity contribution in [1.29, 1.82) is 0 Å². The van der Waals surface area contributed by atoms with Crippen molar-refractivity contribution in [1.82, 2.24) is 10.1 Å². The first-order valence-electron chi connectivity index (χ1n) is 11.4. The third-order valence-electron chi connectivity index (χ3n) is 5.83. The van der Waals surface area contributed by atoms with Gasteiger partial charge in [-0.3, -0.25) is 14.4 Å². The van der Waals surface area contributed by atoms with Gasteiger partial charge in [-0.15, -0.1) is 11.3 Å². The van der Waals surface area contributed by atoms with Gasteiger partial charge in [0.05, 0.1) is 0 Å². The lowest BCUT2D eigenvalue weighted by molar-refractivity contribution is -0.121. The summed E-state index contributed by atoms with van der Waals surface area (Å²) in [7, 11) is 0. The average Bonchev–Trinajstić information content (AvgIpc) is 3.50. The number of amides is 3. The van der Waals surface area contributed by atoms with Gasteiger partial charge in [0, 0.05) is 47.6 Å². The van der Waals surface area contributed by atoms with Crippen molar-refractivity contribution in [3.63, 3.8) is 0 Å². The van der Waals surface area contributed by atoms with Crippen LogP contribution in [0.25, 0.3) is 0 Å². The van der Waals surface area contributed by atoms with E-state index in [-0.39, 0.29) is 23.6 Å². The van der Waals surface area contributed by atoms with E-state index < -0.39 is 0 Å². The lowest BCUT2D eigenvalue weighted by Gasteiger charge is -2.31. The highest BCUT2D eigenvalue weighted by atomic mass is 32.1. The van der Waals surface area contributed by atoms with Crippen LogP contribution in [0.1, 0.15) is 46.7 Å². The van der Waals surface area contributed by atoms with Crippen LogP contribution in [0.15, 0.2) is 52.4 Å². The van der Waals surface area contributed by atoms with Gasteiger partial charge in [0.2, 0.25) is 11.8 Å². The molecular formula is C25H28N4O4S. The maximum atomic E-state index is 13.0. The van der Waals surface area contributed by atoms with E-state index in [9.17, 15) is 14.4 Å². The van der Waals surface area contributed by atoms with Crippen LogP contribution in [0.2, 0.25) is 0 Å². The molecule has 0 saturated carbocycles. The first kappa shape index (κ1) is 23.7. The molecule has 0 spiro atoms. The van der Waals surface area contributed by atoms with Gasteiger partial charge in [-0.05, 0) is 62.3 Å². The summed E-state index contributed by atoms with van der Waals surface area (Å²) < 4.78 is 4.97. The maximum absolute atomic E-state index is 13.0. The topological polar surface area (TPSA) is 105 Å². The number of benzene rings is 1. The third kappa shape index (κ3) is 6.32. The summed E-state index contributed by atoms with van der Waals surface area (Å²) in [6.07, 6.45) is 3.25. The Hall–Kier alpha value is -3.46. The van der Waals surface area contributed by atoms with Crippen LogP contribution in [0, 0.1) is 12.8 Å². The Balaban J connectivity index is 1.25. The fourth-order valence-corrected chi connectivity index (χ4v) is 4.76. The van der Waals surface area contributed by atoms with E-state index in [4.69, 9.17) is 4.52 Å². The molecule has 2 aromatic heterocycles. The Bertz CT molecular complexity index is 1130. The van der Waals surface area contributed by atoms with Crippen molar-refractivity contribution in [3.05, 3.63) is 64.0 Å².